The normalized spacial score (nSPS) is 21.1. The number of carbonyl (C=O) groups excluding carboxylic acids is 1. The highest BCUT2D eigenvalue weighted by atomic mass is 16.2. The fraction of sp³-hybridized carbons (Fsp3) is 0.923. The first-order chi connectivity index (χ1) is 7.51. The Kier molecular flexibility index (Phi) is 4.78. The number of carbonyl (C=O) groups is 1. The predicted octanol–water partition coefficient (Wildman–Crippen LogP) is 2.06. The Morgan fingerprint density at radius 2 is 1.94 bits per heavy atom. The van der Waals surface area contributed by atoms with E-state index in [1.54, 1.807) is 0 Å². The van der Waals surface area contributed by atoms with Crippen LogP contribution in [0.15, 0.2) is 0 Å². The zero-order chi connectivity index (χ0) is 12.2. The molecule has 3 nitrogen and oxygen atoms in total. The van der Waals surface area contributed by atoms with Gasteiger partial charge in [0.25, 0.3) is 0 Å². The summed E-state index contributed by atoms with van der Waals surface area (Å²) in [5.41, 5.74) is 6.17. The van der Waals surface area contributed by atoms with E-state index in [4.69, 9.17) is 5.73 Å². The molecule has 1 fully saturated rings. The molecule has 1 atom stereocenters. The van der Waals surface area contributed by atoms with E-state index in [9.17, 15) is 4.79 Å². The van der Waals surface area contributed by atoms with Crippen molar-refractivity contribution >= 4 is 5.91 Å². The van der Waals surface area contributed by atoms with Crippen LogP contribution in [0.1, 0.15) is 52.9 Å². The molecule has 0 aliphatic heterocycles. The first-order valence-electron chi connectivity index (χ1n) is 6.54. The molecule has 1 amide bonds. The van der Waals surface area contributed by atoms with Gasteiger partial charge in [-0.2, -0.15) is 0 Å². The van der Waals surface area contributed by atoms with Gasteiger partial charge in [-0.15, -0.1) is 0 Å². The molecule has 0 aromatic heterocycles. The molecule has 3 N–H and O–H groups in total. The average molecular weight is 226 g/mol. The molecule has 1 aliphatic carbocycles. The molecule has 0 heterocycles. The van der Waals surface area contributed by atoms with Crippen LogP contribution in [0.25, 0.3) is 0 Å². The number of hydrogen-bond acceptors (Lipinski definition) is 2. The van der Waals surface area contributed by atoms with Crippen molar-refractivity contribution < 1.29 is 4.79 Å². The van der Waals surface area contributed by atoms with Crippen LogP contribution in [0.4, 0.5) is 0 Å². The van der Waals surface area contributed by atoms with Gasteiger partial charge in [0.05, 0.1) is 6.04 Å². The van der Waals surface area contributed by atoms with Crippen LogP contribution in [0.2, 0.25) is 0 Å². The van der Waals surface area contributed by atoms with Crippen LogP contribution >= 0.6 is 0 Å². The van der Waals surface area contributed by atoms with Crippen molar-refractivity contribution in [2.75, 3.05) is 6.54 Å². The van der Waals surface area contributed by atoms with Gasteiger partial charge in [0.15, 0.2) is 0 Å². The second-order valence-corrected chi connectivity index (χ2v) is 5.55. The molecule has 0 radical (unpaired) electrons. The highest BCUT2D eigenvalue weighted by Crippen LogP contribution is 2.40. The monoisotopic (exact) mass is 226 g/mol. The molecule has 1 aliphatic rings. The zero-order valence-corrected chi connectivity index (χ0v) is 10.9. The van der Waals surface area contributed by atoms with Gasteiger partial charge in [-0.05, 0) is 30.6 Å². The summed E-state index contributed by atoms with van der Waals surface area (Å²) < 4.78 is 0. The van der Waals surface area contributed by atoms with Crippen LogP contribution < -0.4 is 11.1 Å². The third kappa shape index (κ3) is 3.21. The second kappa shape index (κ2) is 5.67. The fourth-order valence-corrected chi connectivity index (χ4v) is 2.48. The highest BCUT2D eigenvalue weighted by Gasteiger charge is 2.32. The van der Waals surface area contributed by atoms with Crippen LogP contribution in [0.5, 0.6) is 0 Å². The van der Waals surface area contributed by atoms with Crippen LogP contribution in [0.3, 0.4) is 0 Å². The van der Waals surface area contributed by atoms with Crippen LogP contribution in [-0.4, -0.2) is 18.5 Å². The molecule has 1 unspecified atom stereocenters. The maximum absolute atomic E-state index is 11.8. The summed E-state index contributed by atoms with van der Waals surface area (Å²) in [6.07, 6.45) is 6.27. The third-order valence-corrected chi connectivity index (χ3v) is 4.07. The van der Waals surface area contributed by atoms with Crippen molar-refractivity contribution in [2.24, 2.45) is 17.1 Å². The number of nitrogens with two attached hydrogens (primary N) is 1. The number of rotatable bonds is 5. The molecule has 94 valence electrons. The van der Waals surface area contributed by atoms with Gasteiger partial charge in [0, 0.05) is 6.54 Å². The van der Waals surface area contributed by atoms with Crippen molar-refractivity contribution in [3.05, 3.63) is 0 Å². The van der Waals surface area contributed by atoms with Gasteiger partial charge >= 0.3 is 0 Å². The Bertz CT molecular complexity index is 232. The lowest BCUT2D eigenvalue weighted by Gasteiger charge is -2.28. The topological polar surface area (TPSA) is 55.1 Å². The minimum atomic E-state index is -0.365. The van der Waals surface area contributed by atoms with Crippen LogP contribution in [-0.2, 0) is 4.79 Å². The summed E-state index contributed by atoms with van der Waals surface area (Å²) in [7, 11) is 0. The van der Waals surface area contributed by atoms with E-state index in [0.717, 1.165) is 13.0 Å². The maximum atomic E-state index is 11.8. The predicted molar refractivity (Wildman–Crippen MR) is 67.0 cm³/mol. The first kappa shape index (κ1) is 13.5. The van der Waals surface area contributed by atoms with Gasteiger partial charge in [-0.3, -0.25) is 4.79 Å². The van der Waals surface area contributed by atoms with Gasteiger partial charge < -0.3 is 11.1 Å². The molecule has 0 aromatic carbocycles. The lowest BCUT2D eigenvalue weighted by Crippen LogP contribution is -2.47. The first-order valence-corrected chi connectivity index (χ1v) is 6.54. The summed E-state index contributed by atoms with van der Waals surface area (Å²) in [6, 6.07) is -0.365. The molecular formula is C13H26N2O. The van der Waals surface area contributed by atoms with Crippen molar-refractivity contribution in [1.82, 2.24) is 5.32 Å². The summed E-state index contributed by atoms with van der Waals surface area (Å²) >= 11 is 0. The Hall–Kier alpha value is -0.570. The Balaban J connectivity index is 2.41. The number of nitrogens with one attached hydrogen (secondary N) is 1. The van der Waals surface area contributed by atoms with Crippen molar-refractivity contribution in [3.8, 4) is 0 Å². The second-order valence-electron chi connectivity index (χ2n) is 5.55. The van der Waals surface area contributed by atoms with E-state index in [2.05, 4.69) is 12.2 Å². The molecular weight excluding hydrogens is 200 g/mol. The van der Waals surface area contributed by atoms with E-state index in [1.807, 2.05) is 13.8 Å². The summed E-state index contributed by atoms with van der Waals surface area (Å²) in [5, 5.41) is 3.03. The largest absolute Gasteiger partial charge is 0.354 e. The average Bonchev–Trinajstić information content (AvgIpc) is 2.74. The summed E-state index contributed by atoms with van der Waals surface area (Å²) in [4.78, 5) is 11.8. The number of amides is 1. The van der Waals surface area contributed by atoms with E-state index < -0.39 is 0 Å². The lowest BCUT2D eigenvalue weighted by atomic mass is 9.83. The highest BCUT2D eigenvalue weighted by molar-refractivity contribution is 5.81. The molecule has 16 heavy (non-hydrogen) atoms. The van der Waals surface area contributed by atoms with Crippen LogP contribution in [0, 0.1) is 11.3 Å². The third-order valence-electron chi connectivity index (χ3n) is 4.07. The molecule has 1 rings (SSSR count). The van der Waals surface area contributed by atoms with E-state index in [-0.39, 0.29) is 17.9 Å². The maximum Gasteiger partial charge on any atom is 0.237 e. The van der Waals surface area contributed by atoms with Gasteiger partial charge in [-0.1, -0.05) is 33.6 Å². The minimum Gasteiger partial charge on any atom is -0.354 e. The smallest absolute Gasteiger partial charge is 0.237 e. The summed E-state index contributed by atoms with van der Waals surface area (Å²) in [5.74, 6) is 0.218. The standard InChI is InChI=1S/C13H26N2O/c1-4-13(7-5-6-8-13)9-15-12(16)11(14)10(2)3/h10-11H,4-9,14H2,1-3H3,(H,15,16). The SMILES string of the molecule is CCC1(CNC(=O)C(N)C(C)C)CCCC1. The van der Waals surface area contributed by atoms with E-state index >= 15 is 0 Å². The van der Waals surface area contributed by atoms with Gasteiger partial charge in [0.1, 0.15) is 0 Å². The van der Waals surface area contributed by atoms with E-state index in [0.29, 0.717) is 5.41 Å². The minimum absolute atomic E-state index is 0.00900. The Morgan fingerprint density at radius 1 is 1.38 bits per heavy atom. The molecule has 0 aromatic rings. The lowest BCUT2D eigenvalue weighted by molar-refractivity contribution is -0.123. The Labute approximate surface area is 99.2 Å². The molecule has 0 spiro atoms. The van der Waals surface area contributed by atoms with Gasteiger partial charge in [-0.25, -0.2) is 0 Å². The van der Waals surface area contributed by atoms with E-state index in [1.165, 1.54) is 25.7 Å². The summed E-state index contributed by atoms with van der Waals surface area (Å²) in [6.45, 7) is 6.99. The number of hydrogen-bond donors (Lipinski definition) is 2. The Morgan fingerprint density at radius 3 is 2.38 bits per heavy atom. The zero-order valence-electron chi connectivity index (χ0n) is 10.9. The van der Waals surface area contributed by atoms with Gasteiger partial charge in [0.2, 0.25) is 5.91 Å². The molecule has 0 saturated heterocycles. The van der Waals surface area contributed by atoms with Crippen molar-refractivity contribution in [2.45, 2.75) is 58.9 Å². The molecule has 0 bridgehead atoms. The van der Waals surface area contributed by atoms with Crippen molar-refractivity contribution in [1.29, 1.82) is 0 Å². The molecule has 1 saturated carbocycles. The molecule has 3 heteroatoms. The fourth-order valence-electron chi connectivity index (χ4n) is 2.48. The quantitative estimate of drug-likeness (QED) is 0.754. The van der Waals surface area contributed by atoms with Crippen molar-refractivity contribution in [3.63, 3.8) is 0 Å².